The van der Waals surface area contributed by atoms with Crippen LogP contribution < -0.4 is 9.64 Å². The Kier molecular flexibility index (Phi) is 6.74. The zero-order chi connectivity index (χ0) is 21.8. The van der Waals surface area contributed by atoms with Gasteiger partial charge >= 0.3 is 0 Å². The Labute approximate surface area is 183 Å². The summed E-state index contributed by atoms with van der Waals surface area (Å²) < 4.78 is 44.0. The third kappa shape index (κ3) is 5.93. The van der Waals surface area contributed by atoms with Gasteiger partial charge in [0.2, 0.25) is 10.0 Å². The molecule has 0 radical (unpaired) electrons. The monoisotopic (exact) mass is 448 g/mol. The van der Waals surface area contributed by atoms with E-state index in [1.165, 1.54) is 28.4 Å². The number of benzene rings is 1. The van der Waals surface area contributed by atoms with Crippen molar-refractivity contribution in [2.45, 2.75) is 25.5 Å². The molecule has 0 spiro atoms. The largest absolute Gasteiger partial charge is 0.490 e. The second-order valence-corrected chi connectivity index (χ2v) is 10.2. The van der Waals surface area contributed by atoms with E-state index >= 15 is 0 Å². The van der Waals surface area contributed by atoms with Crippen LogP contribution in [0.25, 0.3) is 0 Å². The minimum absolute atomic E-state index is 0.159. The standard InChI is InChI=1S/C22H29FN4O3S/c1-31(28,29)27-14-12-25(13-15-27)17-18-2-5-20(6-3-18)30-21-8-10-26(11-9-21)22-7-4-19(23)16-24-22/h2-7,16,21H,8-15,17H2,1H3. The first-order chi connectivity index (χ1) is 14.9. The molecular weight excluding hydrogens is 419 g/mol. The van der Waals surface area contributed by atoms with Gasteiger partial charge in [-0.2, -0.15) is 4.31 Å². The molecule has 31 heavy (non-hydrogen) atoms. The van der Waals surface area contributed by atoms with Crippen LogP contribution in [-0.4, -0.2) is 74.2 Å². The highest BCUT2D eigenvalue weighted by molar-refractivity contribution is 7.88. The van der Waals surface area contributed by atoms with E-state index in [0.717, 1.165) is 57.1 Å². The molecule has 2 fully saturated rings. The Morgan fingerprint density at radius 3 is 2.26 bits per heavy atom. The zero-order valence-electron chi connectivity index (χ0n) is 17.8. The average molecular weight is 449 g/mol. The van der Waals surface area contributed by atoms with Crippen molar-refractivity contribution < 1.29 is 17.5 Å². The van der Waals surface area contributed by atoms with Crippen molar-refractivity contribution in [2.24, 2.45) is 0 Å². The number of halogens is 1. The summed E-state index contributed by atoms with van der Waals surface area (Å²) in [7, 11) is -3.09. The molecule has 2 aliphatic heterocycles. The number of hydrogen-bond donors (Lipinski definition) is 0. The molecule has 4 rings (SSSR count). The molecule has 7 nitrogen and oxygen atoms in total. The van der Waals surface area contributed by atoms with Crippen LogP contribution in [0.15, 0.2) is 42.6 Å². The van der Waals surface area contributed by atoms with Crippen LogP contribution in [0.2, 0.25) is 0 Å². The fraction of sp³-hybridized carbons (Fsp3) is 0.500. The summed E-state index contributed by atoms with van der Waals surface area (Å²) >= 11 is 0. The number of piperazine rings is 1. The van der Waals surface area contributed by atoms with Crippen LogP contribution in [0, 0.1) is 5.82 Å². The van der Waals surface area contributed by atoms with Gasteiger partial charge in [-0.3, -0.25) is 4.90 Å². The Balaban J connectivity index is 1.23. The molecule has 2 saturated heterocycles. The topological polar surface area (TPSA) is 66.0 Å². The Hall–Kier alpha value is -2.23. The highest BCUT2D eigenvalue weighted by Crippen LogP contribution is 2.23. The van der Waals surface area contributed by atoms with Gasteiger partial charge in [0.05, 0.1) is 12.5 Å². The van der Waals surface area contributed by atoms with E-state index in [2.05, 4.69) is 26.9 Å². The van der Waals surface area contributed by atoms with Crippen molar-refractivity contribution in [3.05, 3.63) is 54.0 Å². The highest BCUT2D eigenvalue weighted by atomic mass is 32.2. The van der Waals surface area contributed by atoms with Crippen molar-refractivity contribution >= 4 is 15.8 Å². The smallest absolute Gasteiger partial charge is 0.211 e. The van der Waals surface area contributed by atoms with E-state index in [0.29, 0.717) is 13.1 Å². The predicted octanol–water partition coefficient (Wildman–Crippen LogP) is 2.35. The number of pyridine rings is 1. The van der Waals surface area contributed by atoms with Gasteiger partial charge in [0.25, 0.3) is 0 Å². The molecule has 0 unspecified atom stereocenters. The van der Waals surface area contributed by atoms with Gasteiger partial charge in [0.1, 0.15) is 23.5 Å². The van der Waals surface area contributed by atoms with E-state index in [1.807, 2.05) is 12.1 Å². The molecule has 2 aromatic rings. The second-order valence-electron chi connectivity index (χ2n) is 8.22. The van der Waals surface area contributed by atoms with Crippen molar-refractivity contribution in [1.29, 1.82) is 0 Å². The van der Waals surface area contributed by atoms with Crippen LogP contribution in [0.3, 0.4) is 0 Å². The number of nitrogens with zero attached hydrogens (tertiary/aromatic N) is 4. The molecule has 9 heteroatoms. The van der Waals surface area contributed by atoms with Gasteiger partial charge in [-0.25, -0.2) is 17.8 Å². The minimum atomic E-state index is -3.09. The molecule has 3 heterocycles. The fourth-order valence-corrected chi connectivity index (χ4v) is 4.93. The van der Waals surface area contributed by atoms with Crippen LogP contribution >= 0.6 is 0 Å². The maximum atomic E-state index is 13.0. The summed E-state index contributed by atoms with van der Waals surface area (Å²) in [6, 6.07) is 11.3. The van der Waals surface area contributed by atoms with Gasteiger partial charge in [-0.15, -0.1) is 0 Å². The Morgan fingerprint density at radius 1 is 1.00 bits per heavy atom. The lowest BCUT2D eigenvalue weighted by molar-refractivity contribution is 0.170. The molecule has 1 aromatic carbocycles. The molecule has 0 N–H and O–H groups in total. The molecule has 2 aliphatic rings. The van der Waals surface area contributed by atoms with Crippen LogP contribution in [-0.2, 0) is 16.6 Å². The lowest BCUT2D eigenvalue weighted by atomic mass is 10.1. The van der Waals surface area contributed by atoms with E-state index in [4.69, 9.17) is 4.74 Å². The summed E-state index contributed by atoms with van der Waals surface area (Å²) in [6.07, 6.45) is 4.47. The summed E-state index contributed by atoms with van der Waals surface area (Å²) in [5.74, 6) is 1.35. The summed E-state index contributed by atoms with van der Waals surface area (Å²) in [6.45, 7) is 5.06. The highest BCUT2D eigenvalue weighted by Gasteiger charge is 2.24. The lowest BCUT2D eigenvalue weighted by Gasteiger charge is -2.33. The predicted molar refractivity (Wildman–Crippen MR) is 118 cm³/mol. The number of ether oxygens (including phenoxy) is 1. The Morgan fingerprint density at radius 2 is 1.68 bits per heavy atom. The maximum absolute atomic E-state index is 13.0. The van der Waals surface area contributed by atoms with Gasteiger partial charge in [0, 0.05) is 58.7 Å². The molecule has 0 atom stereocenters. The minimum Gasteiger partial charge on any atom is -0.490 e. The Bertz CT molecular complexity index is 953. The molecule has 0 bridgehead atoms. The summed E-state index contributed by atoms with van der Waals surface area (Å²) in [5.41, 5.74) is 1.19. The average Bonchev–Trinajstić information content (AvgIpc) is 2.76. The third-order valence-electron chi connectivity index (χ3n) is 5.91. The fourth-order valence-electron chi connectivity index (χ4n) is 4.10. The maximum Gasteiger partial charge on any atom is 0.211 e. The summed E-state index contributed by atoms with van der Waals surface area (Å²) in [5, 5.41) is 0. The van der Waals surface area contributed by atoms with Crippen molar-refractivity contribution in [3.63, 3.8) is 0 Å². The second kappa shape index (κ2) is 9.50. The molecule has 168 valence electrons. The molecule has 0 amide bonds. The zero-order valence-corrected chi connectivity index (χ0v) is 18.6. The van der Waals surface area contributed by atoms with E-state index in [-0.39, 0.29) is 11.9 Å². The number of hydrogen-bond acceptors (Lipinski definition) is 6. The number of aromatic nitrogens is 1. The number of anilines is 1. The first-order valence-electron chi connectivity index (χ1n) is 10.7. The number of piperidine rings is 1. The van der Waals surface area contributed by atoms with Gasteiger partial charge in [-0.1, -0.05) is 12.1 Å². The van der Waals surface area contributed by atoms with Crippen molar-refractivity contribution in [1.82, 2.24) is 14.2 Å². The molecule has 1 aromatic heterocycles. The van der Waals surface area contributed by atoms with E-state index in [9.17, 15) is 12.8 Å². The normalized spacial score (nSPS) is 19.5. The molecule has 0 aliphatic carbocycles. The summed E-state index contributed by atoms with van der Waals surface area (Å²) in [4.78, 5) is 8.59. The van der Waals surface area contributed by atoms with Crippen LogP contribution in [0.4, 0.5) is 10.2 Å². The number of rotatable bonds is 6. The third-order valence-corrected chi connectivity index (χ3v) is 7.21. The lowest BCUT2D eigenvalue weighted by Crippen LogP contribution is -2.47. The molecular formula is C22H29FN4O3S. The van der Waals surface area contributed by atoms with Crippen molar-refractivity contribution in [3.8, 4) is 5.75 Å². The van der Waals surface area contributed by atoms with Gasteiger partial charge in [0.15, 0.2) is 0 Å². The van der Waals surface area contributed by atoms with Gasteiger partial charge in [-0.05, 0) is 29.8 Å². The molecule has 0 saturated carbocycles. The van der Waals surface area contributed by atoms with Gasteiger partial charge < -0.3 is 9.64 Å². The first-order valence-corrected chi connectivity index (χ1v) is 12.5. The van der Waals surface area contributed by atoms with E-state index in [1.54, 1.807) is 6.07 Å². The van der Waals surface area contributed by atoms with Crippen molar-refractivity contribution in [2.75, 3.05) is 50.4 Å². The van der Waals surface area contributed by atoms with Crippen LogP contribution in [0.5, 0.6) is 5.75 Å². The first kappa shape index (κ1) is 22.0. The SMILES string of the molecule is CS(=O)(=O)N1CCN(Cc2ccc(OC3CCN(c4ccc(F)cn4)CC3)cc2)CC1. The number of sulfonamides is 1. The van der Waals surface area contributed by atoms with Crippen LogP contribution in [0.1, 0.15) is 18.4 Å². The quantitative estimate of drug-likeness (QED) is 0.676. The van der Waals surface area contributed by atoms with E-state index < -0.39 is 10.0 Å².